The first-order valence-electron chi connectivity index (χ1n) is 6.81. The quantitative estimate of drug-likeness (QED) is 0.766. The van der Waals surface area contributed by atoms with Gasteiger partial charge in [-0.05, 0) is 56.9 Å². The molecule has 16 heavy (non-hydrogen) atoms. The van der Waals surface area contributed by atoms with Gasteiger partial charge < -0.3 is 15.2 Å². The van der Waals surface area contributed by atoms with Gasteiger partial charge in [0.05, 0.1) is 12.7 Å². The summed E-state index contributed by atoms with van der Waals surface area (Å²) in [5.41, 5.74) is 0. The molecule has 1 saturated heterocycles. The Balaban J connectivity index is 1.53. The number of rotatable bonds is 4. The van der Waals surface area contributed by atoms with Crippen LogP contribution in [0.2, 0.25) is 0 Å². The Bertz CT molecular complexity index is 184. The zero-order chi connectivity index (χ0) is 11.2. The number of nitrogens with one attached hydrogen (secondary N) is 1. The Labute approximate surface area is 98.6 Å². The summed E-state index contributed by atoms with van der Waals surface area (Å²) in [7, 11) is 0. The third-order valence-electron chi connectivity index (χ3n) is 3.94. The molecule has 0 aromatic heterocycles. The molecule has 1 aliphatic heterocycles. The van der Waals surface area contributed by atoms with Crippen molar-refractivity contribution >= 4 is 0 Å². The molecular weight excluding hydrogens is 202 g/mol. The van der Waals surface area contributed by atoms with E-state index < -0.39 is 0 Å². The van der Waals surface area contributed by atoms with Gasteiger partial charge in [0.1, 0.15) is 0 Å². The van der Waals surface area contributed by atoms with Gasteiger partial charge in [-0.2, -0.15) is 0 Å². The van der Waals surface area contributed by atoms with Crippen LogP contribution in [-0.4, -0.2) is 37.5 Å². The molecule has 2 aliphatic rings. The second-order valence-electron chi connectivity index (χ2n) is 5.42. The summed E-state index contributed by atoms with van der Waals surface area (Å²) in [4.78, 5) is 0. The van der Waals surface area contributed by atoms with Crippen molar-refractivity contribution in [2.24, 2.45) is 11.8 Å². The average molecular weight is 227 g/mol. The standard InChI is InChI=1S/C13H25NO2/c15-13-5-3-11(4-6-13)8-14-9-12-2-1-7-16-10-12/h11-15H,1-10H2. The fourth-order valence-corrected chi connectivity index (χ4v) is 2.81. The van der Waals surface area contributed by atoms with Crippen molar-refractivity contribution in [3.05, 3.63) is 0 Å². The number of ether oxygens (including phenoxy) is 1. The van der Waals surface area contributed by atoms with Gasteiger partial charge in [0.2, 0.25) is 0 Å². The van der Waals surface area contributed by atoms with Crippen LogP contribution in [0.3, 0.4) is 0 Å². The summed E-state index contributed by atoms with van der Waals surface area (Å²) in [5.74, 6) is 1.51. The number of hydrogen-bond acceptors (Lipinski definition) is 3. The van der Waals surface area contributed by atoms with Gasteiger partial charge in [0.15, 0.2) is 0 Å². The van der Waals surface area contributed by atoms with Gasteiger partial charge in [-0.1, -0.05) is 0 Å². The van der Waals surface area contributed by atoms with Crippen molar-refractivity contribution < 1.29 is 9.84 Å². The summed E-state index contributed by atoms with van der Waals surface area (Å²) in [6, 6.07) is 0. The highest BCUT2D eigenvalue weighted by molar-refractivity contribution is 4.74. The normalized spacial score (nSPS) is 36.2. The van der Waals surface area contributed by atoms with Gasteiger partial charge in [-0.25, -0.2) is 0 Å². The molecule has 1 heterocycles. The zero-order valence-electron chi connectivity index (χ0n) is 10.2. The van der Waals surface area contributed by atoms with E-state index in [1.165, 1.54) is 25.7 Å². The number of hydrogen-bond donors (Lipinski definition) is 2. The van der Waals surface area contributed by atoms with Gasteiger partial charge in [0, 0.05) is 13.2 Å². The van der Waals surface area contributed by atoms with Gasteiger partial charge in [-0.15, -0.1) is 0 Å². The Morgan fingerprint density at radius 1 is 1.00 bits per heavy atom. The lowest BCUT2D eigenvalue weighted by Crippen LogP contribution is -2.33. The van der Waals surface area contributed by atoms with E-state index in [-0.39, 0.29) is 6.10 Å². The summed E-state index contributed by atoms with van der Waals surface area (Å²) >= 11 is 0. The molecule has 1 aliphatic carbocycles. The van der Waals surface area contributed by atoms with Crippen LogP contribution in [0, 0.1) is 11.8 Å². The lowest BCUT2D eigenvalue weighted by molar-refractivity contribution is 0.0537. The van der Waals surface area contributed by atoms with E-state index in [4.69, 9.17) is 4.74 Å². The van der Waals surface area contributed by atoms with Crippen LogP contribution in [0.4, 0.5) is 0 Å². The minimum Gasteiger partial charge on any atom is -0.393 e. The molecule has 0 aromatic rings. The van der Waals surface area contributed by atoms with Gasteiger partial charge in [-0.3, -0.25) is 0 Å². The third kappa shape index (κ3) is 4.04. The fourth-order valence-electron chi connectivity index (χ4n) is 2.81. The molecule has 1 unspecified atom stereocenters. The van der Waals surface area contributed by atoms with Crippen molar-refractivity contribution in [1.29, 1.82) is 0 Å². The van der Waals surface area contributed by atoms with E-state index in [0.29, 0.717) is 0 Å². The second kappa shape index (κ2) is 6.58. The first-order chi connectivity index (χ1) is 7.84. The molecule has 94 valence electrons. The summed E-state index contributed by atoms with van der Waals surface area (Å²) in [6.07, 6.45) is 6.89. The average Bonchev–Trinajstić information content (AvgIpc) is 2.33. The fraction of sp³-hybridized carbons (Fsp3) is 1.00. The van der Waals surface area contributed by atoms with Crippen LogP contribution >= 0.6 is 0 Å². The van der Waals surface area contributed by atoms with Crippen LogP contribution in [0.5, 0.6) is 0 Å². The van der Waals surface area contributed by atoms with Crippen LogP contribution in [-0.2, 0) is 4.74 Å². The molecule has 3 nitrogen and oxygen atoms in total. The maximum absolute atomic E-state index is 9.42. The zero-order valence-corrected chi connectivity index (χ0v) is 10.2. The van der Waals surface area contributed by atoms with Gasteiger partial charge in [0.25, 0.3) is 0 Å². The van der Waals surface area contributed by atoms with Crippen LogP contribution in [0.25, 0.3) is 0 Å². The lowest BCUT2D eigenvalue weighted by atomic mass is 9.87. The molecule has 0 bridgehead atoms. The molecule has 0 spiro atoms. The summed E-state index contributed by atoms with van der Waals surface area (Å²) in [6.45, 7) is 4.13. The SMILES string of the molecule is OC1CCC(CNCC2CCCOC2)CC1. The summed E-state index contributed by atoms with van der Waals surface area (Å²) < 4.78 is 5.47. The molecule has 2 N–H and O–H groups in total. The Kier molecular flexibility index (Phi) is 5.07. The monoisotopic (exact) mass is 227 g/mol. The molecule has 2 fully saturated rings. The second-order valence-corrected chi connectivity index (χ2v) is 5.42. The maximum Gasteiger partial charge on any atom is 0.0540 e. The molecule has 1 atom stereocenters. The van der Waals surface area contributed by atoms with E-state index in [1.54, 1.807) is 0 Å². The minimum absolute atomic E-state index is 0.0250. The van der Waals surface area contributed by atoms with Crippen molar-refractivity contribution in [1.82, 2.24) is 5.32 Å². The first kappa shape index (κ1) is 12.3. The van der Waals surface area contributed by atoms with Crippen molar-refractivity contribution in [2.75, 3.05) is 26.3 Å². The van der Waals surface area contributed by atoms with Crippen molar-refractivity contribution in [3.8, 4) is 0 Å². The van der Waals surface area contributed by atoms with Crippen LogP contribution in [0.1, 0.15) is 38.5 Å². The van der Waals surface area contributed by atoms with Crippen LogP contribution in [0.15, 0.2) is 0 Å². The Morgan fingerprint density at radius 2 is 1.75 bits per heavy atom. The van der Waals surface area contributed by atoms with Crippen molar-refractivity contribution in [3.63, 3.8) is 0 Å². The first-order valence-corrected chi connectivity index (χ1v) is 6.81. The predicted molar refractivity (Wildman–Crippen MR) is 64.4 cm³/mol. The largest absolute Gasteiger partial charge is 0.393 e. The summed E-state index contributed by atoms with van der Waals surface area (Å²) in [5, 5.41) is 13.0. The lowest BCUT2D eigenvalue weighted by Gasteiger charge is -2.27. The number of aliphatic hydroxyl groups is 1. The molecular formula is C13H25NO2. The van der Waals surface area contributed by atoms with Gasteiger partial charge >= 0.3 is 0 Å². The topological polar surface area (TPSA) is 41.5 Å². The van der Waals surface area contributed by atoms with E-state index in [0.717, 1.165) is 51.0 Å². The van der Waals surface area contributed by atoms with E-state index in [9.17, 15) is 5.11 Å². The van der Waals surface area contributed by atoms with E-state index >= 15 is 0 Å². The highest BCUT2D eigenvalue weighted by Crippen LogP contribution is 2.23. The highest BCUT2D eigenvalue weighted by Gasteiger charge is 2.19. The third-order valence-corrected chi connectivity index (χ3v) is 3.94. The van der Waals surface area contributed by atoms with E-state index in [1.807, 2.05) is 0 Å². The number of aliphatic hydroxyl groups excluding tert-OH is 1. The molecule has 0 radical (unpaired) electrons. The smallest absolute Gasteiger partial charge is 0.0540 e. The molecule has 3 heteroatoms. The van der Waals surface area contributed by atoms with Crippen molar-refractivity contribution in [2.45, 2.75) is 44.6 Å². The molecule has 2 rings (SSSR count). The Hall–Kier alpha value is -0.120. The van der Waals surface area contributed by atoms with E-state index in [2.05, 4.69) is 5.32 Å². The predicted octanol–water partition coefficient (Wildman–Crippen LogP) is 1.55. The minimum atomic E-state index is -0.0250. The maximum atomic E-state index is 9.42. The molecule has 0 amide bonds. The molecule has 1 saturated carbocycles. The van der Waals surface area contributed by atoms with Crippen LogP contribution < -0.4 is 5.32 Å². The Morgan fingerprint density at radius 3 is 2.44 bits per heavy atom. The molecule has 0 aromatic carbocycles. The highest BCUT2D eigenvalue weighted by atomic mass is 16.5.